The molecule has 2 rings (SSSR count). The van der Waals surface area contributed by atoms with Gasteiger partial charge >= 0.3 is 0 Å². The Hall–Kier alpha value is -0.390. The number of nitrogens with zero attached hydrogens (tertiary/aromatic N) is 3. The fourth-order valence-electron chi connectivity index (χ4n) is 3.04. The maximum Gasteiger partial charge on any atom is 0.0767 e. The van der Waals surface area contributed by atoms with Gasteiger partial charge in [-0.1, -0.05) is 20.3 Å². The largest absolute Gasteiger partial charge is 0.313 e. The zero-order valence-electron chi connectivity index (χ0n) is 13.7. The van der Waals surface area contributed by atoms with E-state index in [1.165, 1.54) is 54.6 Å². The lowest BCUT2D eigenvalue weighted by molar-refractivity contribution is 0.231. The lowest BCUT2D eigenvalue weighted by atomic mass is 10.2. The van der Waals surface area contributed by atoms with Gasteiger partial charge in [-0.05, 0) is 54.7 Å². The zero-order valence-corrected chi connectivity index (χ0v) is 15.2. The van der Waals surface area contributed by atoms with E-state index < -0.39 is 0 Å². The van der Waals surface area contributed by atoms with Crippen LogP contribution in [-0.2, 0) is 20.0 Å². The SMILES string of the molecule is CCCCN(Cc1c(Br)c(CC)nn1C)CC1CCCN1. The summed E-state index contributed by atoms with van der Waals surface area (Å²) in [6.45, 7) is 8.92. The van der Waals surface area contributed by atoms with Gasteiger partial charge < -0.3 is 5.32 Å². The van der Waals surface area contributed by atoms with Crippen LogP contribution < -0.4 is 5.32 Å². The maximum absolute atomic E-state index is 4.62. The van der Waals surface area contributed by atoms with Crippen LogP contribution in [0.15, 0.2) is 4.47 Å². The Morgan fingerprint density at radius 2 is 2.24 bits per heavy atom. The Morgan fingerprint density at radius 3 is 2.81 bits per heavy atom. The van der Waals surface area contributed by atoms with Gasteiger partial charge in [0.2, 0.25) is 0 Å². The number of aromatic nitrogens is 2. The highest BCUT2D eigenvalue weighted by Gasteiger charge is 2.20. The molecule has 0 bridgehead atoms. The number of rotatable bonds is 8. The van der Waals surface area contributed by atoms with Crippen molar-refractivity contribution in [1.29, 1.82) is 0 Å². The van der Waals surface area contributed by atoms with Gasteiger partial charge in [0.25, 0.3) is 0 Å². The molecule has 21 heavy (non-hydrogen) atoms. The fourth-order valence-corrected chi connectivity index (χ4v) is 3.79. The average Bonchev–Trinajstić information content (AvgIpc) is 3.07. The molecule has 1 fully saturated rings. The molecule has 1 saturated heterocycles. The van der Waals surface area contributed by atoms with Crippen molar-refractivity contribution in [2.75, 3.05) is 19.6 Å². The lowest BCUT2D eigenvalue weighted by Gasteiger charge is -2.25. The summed E-state index contributed by atoms with van der Waals surface area (Å²) in [5.41, 5.74) is 2.47. The highest BCUT2D eigenvalue weighted by Crippen LogP contribution is 2.23. The zero-order chi connectivity index (χ0) is 15.2. The maximum atomic E-state index is 4.62. The molecule has 120 valence electrons. The second-order valence-corrected chi connectivity index (χ2v) is 6.86. The van der Waals surface area contributed by atoms with Crippen molar-refractivity contribution in [1.82, 2.24) is 20.0 Å². The molecule has 4 nitrogen and oxygen atoms in total. The molecule has 1 aliphatic rings. The minimum Gasteiger partial charge on any atom is -0.313 e. The van der Waals surface area contributed by atoms with E-state index in [0.29, 0.717) is 6.04 Å². The number of unbranched alkanes of at least 4 members (excludes halogenated alkanes) is 1. The van der Waals surface area contributed by atoms with Crippen molar-refractivity contribution in [3.05, 3.63) is 15.9 Å². The average molecular weight is 357 g/mol. The van der Waals surface area contributed by atoms with Crippen LogP contribution >= 0.6 is 15.9 Å². The van der Waals surface area contributed by atoms with Crippen LogP contribution in [0.2, 0.25) is 0 Å². The van der Waals surface area contributed by atoms with Gasteiger partial charge in [-0.2, -0.15) is 5.10 Å². The number of hydrogen-bond donors (Lipinski definition) is 1. The first-order valence-corrected chi connectivity index (χ1v) is 9.11. The predicted octanol–water partition coefficient (Wildman–Crippen LogP) is 3.10. The van der Waals surface area contributed by atoms with E-state index in [1.807, 2.05) is 4.68 Å². The van der Waals surface area contributed by atoms with Crippen LogP contribution in [0.5, 0.6) is 0 Å². The smallest absolute Gasteiger partial charge is 0.0767 e. The number of aryl methyl sites for hydroxylation is 2. The van der Waals surface area contributed by atoms with Gasteiger partial charge in [0, 0.05) is 26.2 Å². The topological polar surface area (TPSA) is 33.1 Å². The third kappa shape index (κ3) is 4.54. The van der Waals surface area contributed by atoms with Gasteiger partial charge in [-0.25, -0.2) is 0 Å². The third-order valence-electron chi connectivity index (χ3n) is 4.35. The van der Waals surface area contributed by atoms with Crippen molar-refractivity contribution in [3.63, 3.8) is 0 Å². The van der Waals surface area contributed by atoms with Crippen LogP contribution in [0.25, 0.3) is 0 Å². The summed E-state index contributed by atoms with van der Waals surface area (Å²) >= 11 is 3.75. The molecule has 5 heteroatoms. The van der Waals surface area contributed by atoms with Crippen LogP contribution in [0.1, 0.15) is 50.9 Å². The molecule has 0 aliphatic carbocycles. The Morgan fingerprint density at radius 1 is 1.43 bits per heavy atom. The summed E-state index contributed by atoms with van der Waals surface area (Å²) in [4.78, 5) is 2.59. The molecule has 1 aromatic heterocycles. The van der Waals surface area contributed by atoms with Crippen molar-refractivity contribution in [3.8, 4) is 0 Å². The van der Waals surface area contributed by atoms with E-state index in [2.05, 4.69) is 52.1 Å². The van der Waals surface area contributed by atoms with Crippen LogP contribution in [0.3, 0.4) is 0 Å². The highest BCUT2D eigenvalue weighted by molar-refractivity contribution is 9.10. The third-order valence-corrected chi connectivity index (χ3v) is 5.26. The van der Waals surface area contributed by atoms with Crippen LogP contribution in [0, 0.1) is 0 Å². The summed E-state index contributed by atoms with van der Waals surface area (Å²) in [5, 5.41) is 8.24. The molecule has 1 N–H and O–H groups in total. The summed E-state index contributed by atoms with van der Waals surface area (Å²) in [6.07, 6.45) is 6.13. The van der Waals surface area contributed by atoms with E-state index in [4.69, 9.17) is 0 Å². The second-order valence-electron chi connectivity index (χ2n) is 6.07. The minimum atomic E-state index is 0.666. The first-order valence-electron chi connectivity index (χ1n) is 8.31. The summed E-state index contributed by atoms with van der Waals surface area (Å²) in [6, 6.07) is 0.666. The monoisotopic (exact) mass is 356 g/mol. The van der Waals surface area contributed by atoms with E-state index >= 15 is 0 Å². The molecule has 2 heterocycles. The van der Waals surface area contributed by atoms with E-state index in [9.17, 15) is 0 Å². The molecular formula is C16H29BrN4. The quantitative estimate of drug-likeness (QED) is 0.776. The fraction of sp³-hybridized carbons (Fsp3) is 0.812. The molecule has 1 unspecified atom stereocenters. The van der Waals surface area contributed by atoms with Crippen LogP contribution in [-0.4, -0.2) is 40.4 Å². The molecule has 0 spiro atoms. The first-order chi connectivity index (χ1) is 10.2. The number of nitrogens with one attached hydrogen (secondary N) is 1. The summed E-state index contributed by atoms with van der Waals surface area (Å²) in [7, 11) is 2.06. The molecule has 1 aliphatic heterocycles. The van der Waals surface area contributed by atoms with Gasteiger partial charge in [-0.3, -0.25) is 9.58 Å². The van der Waals surface area contributed by atoms with Gasteiger partial charge in [0.05, 0.1) is 15.9 Å². The molecule has 0 amide bonds. The van der Waals surface area contributed by atoms with Gasteiger partial charge in [-0.15, -0.1) is 0 Å². The second kappa shape index (κ2) is 8.30. The summed E-state index contributed by atoms with van der Waals surface area (Å²) < 4.78 is 3.25. The van der Waals surface area contributed by atoms with Crippen LogP contribution in [0.4, 0.5) is 0 Å². The van der Waals surface area contributed by atoms with E-state index in [0.717, 1.165) is 19.5 Å². The molecule has 0 radical (unpaired) electrons. The molecule has 1 aromatic rings. The predicted molar refractivity (Wildman–Crippen MR) is 91.5 cm³/mol. The number of hydrogen-bond acceptors (Lipinski definition) is 3. The van der Waals surface area contributed by atoms with Crippen molar-refractivity contribution >= 4 is 15.9 Å². The lowest BCUT2D eigenvalue weighted by Crippen LogP contribution is -2.38. The van der Waals surface area contributed by atoms with Gasteiger partial charge in [0.1, 0.15) is 0 Å². The summed E-state index contributed by atoms with van der Waals surface area (Å²) in [5.74, 6) is 0. The Labute approximate surface area is 137 Å². The number of halogens is 1. The Bertz CT molecular complexity index is 438. The highest BCUT2D eigenvalue weighted by atomic mass is 79.9. The molecular weight excluding hydrogens is 328 g/mol. The van der Waals surface area contributed by atoms with Crippen molar-refractivity contribution in [2.24, 2.45) is 7.05 Å². The van der Waals surface area contributed by atoms with Crippen molar-refractivity contribution < 1.29 is 0 Å². The normalized spacial score (nSPS) is 18.8. The van der Waals surface area contributed by atoms with E-state index in [1.54, 1.807) is 0 Å². The van der Waals surface area contributed by atoms with Crippen molar-refractivity contribution in [2.45, 2.75) is 58.5 Å². The molecule has 0 aromatic carbocycles. The Balaban J connectivity index is 2.04. The molecule has 0 saturated carbocycles. The standard InChI is InChI=1S/C16H29BrN4/c1-4-6-10-21(11-13-8-7-9-18-13)12-15-16(17)14(5-2)19-20(15)3/h13,18H,4-12H2,1-3H3. The first kappa shape index (κ1) is 17.0. The van der Waals surface area contributed by atoms with E-state index in [-0.39, 0.29) is 0 Å². The molecule has 1 atom stereocenters. The minimum absolute atomic E-state index is 0.666. The van der Waals surface area contributed by atoms with Gasteiger partial charge in [0.15, 0.2) is 0 Å². The Kier molecular flexibility index (Phi) is 6.71.